The van der Waals surface area contributed by atoms with Gasteiger partial charge in [-0.15, -0.1) is 11.3 Å². The van der Waals surface area contributed by atoms with E-state index in [0.717, 1.165) is 44.2 Å². The molecule has 0 aliphatic carbocycles. The van der Waals surface area contributed by atoms with Crippen LogP contribution in [0.2, 0.25) is 0 Å². The van der Waals surface area contributed by atoms with Crippen LogP contribution in [0.5, 0.6) is 5.75 Å². The highest BCUT2D eigenvalue weighted by atomic mass is 32.1. The van der Waals surface area contributed by atoms with Gasteiger partial charge in [-0.1, -0.05) is 12.1 Å². The van der Waals surface area contributed by atoms with Gasteiger partial charge in [-0.3, -0.25) is 9.79 Å². The summed E-state index contributed by atoms with van der Waals surface area (Å²) in [6.45, 7) is 2.62. The average Bonchev–Trinajstić information content (AvgIpc) is 3.24. The van der Waals surface area contributed by atoms with Crippen molar-refractivity contribution in [3.63, 3.8) is 0 Å². The molecule has 2 N–H and O–H groups in total. The summed E-state index contributed by atoms with van der Waals surface area (Å²) in [5, 5.41) is 8.40. The van der Waals surface area contributed by atoms with Crippen LogP contribution in [0, 0.1) is 5.92 Å². The average molecular weight is 415 g/mol. The molecule has 0 atom stereocenters. The molecule has 1 aromatic carbocycles. The Hall–Kier alpha value is -2.54. The third kappa shape index (κ3) is 5.73. The Balaban J connectivity index is 1.51. The second kappa shape index (κ2) is 10.3. The molecule has 3 rings (SSSR count). The van der Waals surface area contributed by atoms with E-state index in [-0.39, 0.29) is 5.91 Å². The summed E-state index contributed by atoms with van der Waals surface area (Å²) in [6, 6.07) is 10.4. The second-order valence-corrected chi connectivity index (χ2v) is 8.23. The molecule has 2 aromatic rings. The predicted molar refractivity (Wildman–Crippen MR) is 119 cm³/mol. The first-order valence-electron chi connectivity index (χ1n) is 10.0. The molecule has 1 aliphatic heterocycles. The summed E-state index contributed by atoms with van der Waals surface area (Å²) in [6.07, 6.45) is 2.67. The number of aliphatic imine (C=N–C) groups is 1. The van der Waals surface area contributed by atoms with Gasteiger partial charge in [0.25, 0.3) is 0 Å². The van der Waals surface area contributed by atoms with E-state index in [4.69, 9.17) is 4.74 Å². The number of hydrogen-bond acceptors (Lipinski definition) is 4. The van der Waals surface area contributed by atoms with E-state index in [9.17, 15) is 4.79 Å². The summed E-state index contributed by atoms with van der Waals surface area (Å²) in [5.74, 6) is 2.40. The van der Waals surface area contributed by atoms with E-state index in [1.54, 1.807) is 25.5 Å². The first kappa shape index (κ1) is 21.2. The Bertz CT molecular complexity index is 824. The molecule has 156 valence electrons. The lowest BCUT2D eigenvalue weighted by Gasteiger charge is -2.34. The maximum atomic E-state index is 11.6. The summed E-state index contributed by atoms with van der Waals surface area (Å²) in [7, 11) is 5.21. The van der Waals surface area contributed by atoms with Crippen molar-refractivity contribution in [1.29, 1.82) is 0 Å². The Morgan fingerprint density at radius 2 is 1.97 bits per heavy atom. The number of nitrogens with one attached hydrogen (secondary N) is 2. The molecule has 29 heavy (non-hydrogen) atoms. The van der Waals surface area contributed by atoms with Crippen molar-refractivity contribution < 1.29 is 9.53 Å². The molecule has 7 heteroatoms. The minimum atomic E-state index is 0.135. The molecule has 0 unspecified atom stereocenters. The SMILES string of the molecule is CN=C(NCc1cc(-c2ccc(OC)cc2)cs1)N1CCC(CC(=O)NC)CC1. The van der Waals surface area contributed by atoms with Crippen LogP contribution in [0.3, 0.4) is 0 Å². The van der Waals surface area contributed by atoms with Crippen LogP contribution in [0.1, 0.15) is 24.1 Å². The number of hydrogen-bond donors (Lipinski definition) is 2. The normalized spacial score (nSPS) is 15.3. The third-order valence-corrected chi connectivity index (χ3v) is 6.31. The molecule has 0 bridgehead atoms. The molecule has 1 aliphatic rings. The summed E-state index contributed by atoms with van der Waals surface area (Å²) < 4.78 is 5.23. The quantitative estimate of drug-likeness (QED) is 0.562. The number of carbonyl (C=O) groups excluding carboxylic acids is 1. The molecule has 1 fully saturated rings. The van der Waals surface area contributed by atoms with Gasteiger partial charge >= 0.3 is 0 Å². The first-order valence-corrected chi connectivity index (χ1v) is 10.9. The van der Waals surface area contributed by atoms with Crippen molar-refractivity contribution in [3.05, 3.63) is 40.6 Å². The van der Waals surface area contributed by atoms with E-state index in [1.807, 2.05) is 19.2 Å². The standard InChI is InChI=1S/C22H30N4O2S/c1-23-21(27)12-16-8-10-26(11-9-16)22(24-2)25-14-20-13-18(15-29-20)17-4-6-19(28-3)7-5-17/h4-7,13,15-16H,8-12,14H2,1-3H3,(H,23,27)(H,24,25). The van der Waals surface area contributed by atoms with Crippen molar-refractivity contribution >= 4 is 23.2 Å². The van der Waals surface area contributed by atoms with Crippen molar-refractivity contribution in [1.82, 2.24) is 15.5 Å². The van der Waals surface area contributed by atoms with Crippen LogP contribution in [-0.2, 0) is 11.3 Å². The molecule has 0 saturated carbocycles. The number of rotatable bonds is 6. The topological polar surface area (TPSA) is 66.0 Å². The van der Waals surface area contributed by atoms with Gasteiger partial charge in [-0.25, -0.2) is 0 Å². The Labute approximate surface area is 177 Å². The monoisotopic (exact) mass is 414 g/mol. The number of thiophene rings is 1. The minimum absolute atomic E-state index is 0.135. The number of nitrogens with zero attached hydrogens (tertiary/aromatic N) is 2. The highest BCUT2D eigenvalue weighted by Crippen LogP contribution is 2.27. The van der Waals surface area contributed by atoms with Crippen molar-refractivity contribution in [2.45, 2.75) is 25.8 Å². The number of likely N-dealkylation sites (tertiary alicyclic amines) is 1. The Morgan fingerprint density at radius 1 is 1.24 bits per heavy atom. The number of carbonyl (C=O) groups is 1. The van der Waals surface area contributed by atoms with Gasteiger partial charge in [0.05, 0.1) is 13.7 Å². The molecular formula is C22H30N4O2S. The Morgan fingerprint density at radius 3 is 2.59 bits per heavy atom. The third-order valence-electron chi connectivity index (χ3n) is 5.38. The minimum Gasteiger partial charge on any atom is -0.497 e. The van der Waals surface area contributed by atoms with Crippen molar-refractivity contribution in [3.8, 4) is 16.9 Å². The summed E-state index contributed by atoms with van der Waals surface area (Å²) >= 11 is 1.75. The fourth-order valence-electron chi connectivity index (χ4n) is 3.62. The number of ether oxygens (including phenoxy) is 1. The van der Waals surface area contributed by atoms with Crippen molar-refractivity contribution in [2.24, 2.45) is 10.9 Å². The van der Waals surface area contributed by atoms with E-state index in [0.29, 0.717) is 12.3 Å². The van der Waals surface area contributed by atoms with Crippen LogP contribution < -0.4 is 15.4 Å². The van der Waals surface area contributed by atoms with Gasteiger partial charge in [0.2, 0.25) is 5.91 Å². The molecular weight excluding hydrogens is 384 g/mol. The number of benzene rings is 1. The summed E-state index contributed by atoms with van der Waals surface area (Å²) in [5.41, 5.74) is 2.41. The van der Waals surface area contributed by atoms with E-state index in [2.05, 4.69) is 44.1 Å². The van der Waals surface area contributed by atoms with Gasteiger partial charge in [0, 0.05) is 38.5 Å². The van der Waals surface area contributed by atoms with Crippen molar-refractivity contribution in [2.75, 3.05) is 34.3 Å². The van der Waals surface area contributed by atoms with Gasteiger partial charge in [0.1, 0.15) is 5.75 Å². The number of amides is 1. The molecule has 2 heterocycles. The van der Waals surface area contributed by atoms with Gasteiger partial charge in [-0.2, -0.15) is 0 Å². The number of piperidine rings is 1. The lowest BCUT2D eigenvalue weighted by atomic mass is 9.93. The van der Waals surface area contributed by atoms with Crippen LogP contribution in [0.15, 0.2) is 40.7 Å². The van der Waals surface area contributed by atoms with Crippen LogP contribution >= 0.6 is 11.3 Å². The highest BCUT2D eigenvalue weighted by Gasteiger charge is 2.23. The molecule has 1 saturated heterocycles. The zero-order valence-electron chi connectivity index (χ0n) is 17.4. The maximum Gasteiger partial charge on any atom is 0.220 e. The number of methoxy groups -OCH3 is 1. The zero-order valence-corrected chi connectivity index (χ0v) is 18.2. The van der Waals surface area contributed by atoms with Crippen LogP contribution in [0.4, 0.5) is 0 Å². The fourth-order valence-corrected chi connectivity index (χ4v) is 4.45. The van der Waals surface area contributed by atoms with Gasteiger partial charge in [0.15, 0.2) is 5.96 Å². The van der Waals surface area contributed by atoms with E-state index < -0.39 is 0 Å². The van der Waals surface area contributed by atoms with E-state index in [1.165, 1.54) is 16.0 Å². The summed E-state index contributed by atoms with van der Waals surface area (Å²) in [4.78, 5) is 19.6. The molecule has 6 nitrogen and oxygen atoms in total. The lowest BCUT2D eigenvalue weighted by Crippen LogP contribution is -2.45. The lowest BCUT2D eigenvalue weighted by molar-refractivity contribution is -0.121. The fraction of sp³-hybridized carbons (Fsp3) is 0.455. The maximum absolute atomic E-state index is 11.6. The molecule has 1 amide bonds. The highest BCUT2D eigenvalue weighted by molar-refractivity contribution is 7.10. The number of guanidine groups is 1. The largest absolute Gasteiger partial charge is 0.497 e. The Kier molecular flexibility index (Phi) is 7.52. The smallest absolute Gasteiger partial charge is 0.220 e. The zero-order chi connectivity index (χ0) is 20.6. The van der Waals surface area contributed by atoms with E-state index >= 15 is 0 Å². The van der Waals surface area contributed by atoms with Gasteiger partial charge < -0.3 is 20.3 Å². The van der Waals surface area contributed by atoms with Crippen LogP contribution in [-0.4, -0.2) is 51.1 Å². The molecule has 0 radical (unpaired) electrons. The van der Waals surface area contributed by atoms with Gasteiger partial charge in [-0.05, 0) is 53.5 Å². The molecule has 0 spiro atoms. The predicted octanol–water partition coefficient (Wildman–Crippen LogP) is 3.35. The molecule has 1 aromatic heterocycles. The second-order valence-electron chi connectivity index (χ2n) is 7.24. The van der Waals surface area contributed by atoms with Crippen LogP contribution in [0.25, 0.3) is 11.1 Å². The first-order chi connectivity index (χ1) is 14.1.